The summed E-state index contributed by atoms with van der Waals surface area (Å²) in [5.41, 5.74) is 8.96. The van der Waals surface area contributed by atoms with Gasteiger partial charge in [-0.2, -0.15) is 0 Å². The quantitative estimate of drug-likeness (QED) is 0.840. The van der Waals surface area contributed by atoms with Gasteiger partial charge in [0.25, 0.3) is 0 Å². The maximum atomic E-state index is 6.51. The van der Waals surface area contributed by atoms with Crippen molar-refractivity contribution in [1.29, 1.82) is 0 Å². The Labute approximate surface area is 129 Å². The summed E-state index contributed by atoms with van der Waals surface area (Å²) < 4.78 is 6.51. The van der Waals surface area contributed by atoms with Crippen molar-refractivity contribution < 1.29 is 4.74 Å². The molecule has 21 heavy (non-hydrogen) atoms. The monoisotopic (exact) mass is 287 g/mol. The molecule has 1 aliphatic carbocycles. The summed E-state index contributed by atoms with van der Waals surface area (Å²) in [5.74, 6) is 1.93. The van der Waals surface area contributed by atoms with Crippen LogP contribution in [0, 0.1) is 12.8 Å². The Balaban J connectivity index is 1.79. The minimum Gasteiger partial charge on any atom is -0.487 e. The van der Waals surface area contributed by atoms with E-state index in [2.05, 4.69) is 32.0 Å². The first kappa shape index (κ1) is 14.9. The minimum atomic E-state index is 0.00413. The standard InChI is InChI=1S/C19H29NO/c1-3-5-15-6-4-10-19(11-9-15)13-17(20)16-12-14(2)7-8-18(16)21-19/h7-8,12,15,17H,3-6,9-11,13,20H2,1-2H3/t15?,17-,19?/m0/s1. The number of benzene rings is 1. The Morgan fingerprint density at radius 2 is 2.14 bits per heavy atom. The van der Waals surface area contributed by atoms with Gasteiger partial charge in [-0.05, 0) is 44.6 Å². The molecule has 0 amide bonds. The van der Waals surface area contributed by atoms with Gasteiger partial charge in [-0.1, -0.05) is 43.9 Å². The van der Waals surface area contributed by atoms with Crippen LogP contribution in [-0.4, -0.2) is 5.60 Å². The van der Waals surface area contributed by atoms with Crippen LogP contribution in [0.4, 0.5) is 0 Å². The molecule has 1 aliphatic heterocycles. The molecule has 3 rings (SSSR count). The van der Waals surface area contributed by atoms with Crippen molar-refractivity contribution in [3.63, 3.8) is 0 Å². The van der Waals surface area contributed by atoms with Gasteiger partial charge >= 0.3 is 0 Å². The maximum absolute atomic E-state index is 6.51. The van der Waals surface area contributed by atoms with Crippen molar-refractivity contribution in [2.75, 3.05) is 0 Å². The highest BCUT2D eigenvalue weighted by atomic mass is 16.5. The number of fused-ring (bicyclic) bond motifs is 1. The van der Waals surface area contributed by atoms with Crippen molar-refractivity contribution in [1.82, 2.24) is 0 Å². The molecule has 1 aromatic carbocycles. The molecule has 1 aromatic rings. The number of aryl methyl sites for hydroxylation is 1. The highest BCUT2D eigenvalue weighted by Gasteiger charge is 2.41. The molecule has 1 spiro atoms. The van der Waals surface area contributed by atoms with E-state index in [1.807, 2.05) is 0 Å². The van der Waals surface area contributed by atoms with E-state index in [-0.39, 0.29) is 11.6 Å². The lowest BCUT2D eigenvalue weighted by molar-refractivity contribution is 0.0202. The lowest BCUT2D eigenvalue weighted by atomic mass is 9.82. The van der Waals surface area contributed by atoms with Gasteiger partial charge in [-0.15, -0.1) is 0 Å². The van der Waals surface area contributed by atoms with E-state index in [1.165, 1.54) is 56.1 Å². The Kier molecular flexibility index (Phi) is 4.26. The fourth-order valence-electron chi connectivity index (χ4n) is 4.29. The largest absolute Gasteiger partial charge is 0.487 e. The first-order valence-corrected chi connectivity index (χ1v) is 8.67. The minimum absolute atomic E-state index is 0.00413. The number of rotatable bonds is 2. The van der Waals surface area contributed by atoms with Crippen LogP contribution >= 0.6 is 0 Å². The molecule has 2 N–H and O–H groups in total. The molecule has 116 valence electrons. The van der Waals surface area contributed by atoms with Crippen molar-refractivity contribution in [2.45, 2.75) is 76.9 Å². The topological polar surface area (TPSA) is 35.2 Å². The van der Waals surface area contributed by atoms with Crippen LogP contribution in [0.3, 0.4) is 0 Å². The number of hydrogen-bond acceptors (Lipinski definition) is 2. The van der Waals surface area contributed by atoms with Gasteiger partial charge in [0.05, 0.1) is 0 Å². The highest BCUT2D eigenvalue weighted by Crippen LogP contribution is 2.46. The third-order valence-electron chi connectivity index (χ3n) is 5.43. The lowest BCUT2D eigenvalue weighted by Crippen LogP contribution is -2.42. The van der Waals surface area contributed by atoms with E-state index >= 15 is 0 Å². The highest BCUT2D eigenvalue weighted by molar-refractivity contribution is 5.41. The molecule has 1 saturated carbocycles. The number of hydrogen-bond donors (Lipinski definition) is 1. The van der Waals surface area contributed by atoms with Gasteiger partial charge in [-0.3, -0.25) is 0 Å². The van der Waals surface area contributed by atoms with Gasteiger partial charge in [0, 0.05) is 18.0 Å². The van der Waals surface area contributed by atoms with E-state index in [4.69, 9.17) is 10.5 Å². The number of nitrogens with two attached hydrogens (primary N) is 1. The van der Waals surface area contributed by atoms with Gasteiger partial charge in [-0.25, -0.2) is 0 Å². The molecule has 2 aliphatic rings. The average Bonchev–Trinajstić information content (AvgIpc) is 2.64. The summed E-state index contributed by atoms with van der Waals surface area (Å²) in [6.07, 6.45) is 9.99. The van der Waals surface area contributed by atoms with Crippen LogP contribution in [0.2, 0.25) is 0 Å². The predicted octanol–water partition coefficient (Wildman–Crippen LogP) is 4.90. The second-order valence-electron chi connectivity index (χ2n) is 7.22. The molecule has 0 bridgehead atoms. The molecule has 0 aromatic heterocycles. The fourth-order valence-corrected chi connectivity index (χ4v) is 4.29. The molecular weight excluding hydrogens is 258 g/mol. The third kappa shape index (κ3) is 3.11. The Hall–Kier alpha value is -1.02. The number of ether oxygens (including phenoxy) is 1. The molecule has 2 nitrogen and oxygen atoms in total. The SMILES string of the molecule is CCCC1CCCC2(CC1)C[C@H](N)c1cc(C)ccc1O2. The van der Waals surface area contributed by atoms with E-state index in [9.17, 15) is 0 Å². The molecule has 1 fully saturated rings. The Morgan fingerprint density at radius 3 is 2.95 bits per heavy atom. The van der Waals surface area contributed by atoms with Gasteiger partial charge < -0.3 is 10.5 Å². The van der Waals surface area contributed by atoms with Gasteiger partial charge in [0.1, 0.15) is 11.4 Å². The molecular formula is C19H29NO. The van der Waals surface area contributed by atoms with Crippen molar-refractivity contribution in [3.05, 3.63) is 29.3 Å². The van der Waals surface area contributed by atoms with Crippen LogP contribution in [0.15, 0.2) is 18.2 Å². The van der Waals surface area contributed by atoms with Crippen LogP contribution in [0.1, 0.15) is 75.5 Å². The second kappa shape index (κ2) is 6.00. The Bertz CT molecular complexity index is 498. The van der Waals surface area contributed by atoms with E-state index in [1.54, 1.807) is 0 Å². The normalized spacial score (nSPS) is 32.3. The van der Waals surface area contributed by atoms with Crippen molar-refractivity contribution in [2.24, 2.45) is 11.7 Å². The van der Waals surface area contributed by atoms with Crippen LogP contribution < -0.4 is 10.5 Å². The summed E-state index contributed by atoms with van der Waals surface area (Å²) >= 11 is 0. The van der Waals surface area contributed by atoms with Crippen LogP contribution in [-0.2, 0) is 0 Å². The summed E-state index contributed by atoms with van der Waals surface area (Å²) in [4.78, 5) is 0. The maximum Gasteiger partial charge on any atom is 0.124 e. The summed E-state index contributed by atoms with van der Waals surface area (Å²) in [6.45, 7) is 4.42. The lowest BCUT2D eigenvalue weighted by Gasteiger charge is -2.41. The van der Waals surface area contributed by atoms with Gasteiger partial charge in [0.2, 0.25) is 0 Å². The first-order chi connectivity index (χ1) is 10.1. The zero-order chi connectivity index (χ0) is 14.9. The molecule has 2 unspecified atom stereocenters. The Morgan fingerprint density at radius 1 is 1.29 bits per heavy atom. The van der Waals surface area contributed by atoms with Crippen molar-refractivity contribution >= 4 is 0 Å². The molecule has 0 radical (unpaired) electrons. The fraction of sp³-hybridized carbons (Fsp3) is 0.684. The van der Waals surface area contributed by atoms with Crippen molar-refractivity contribution in [3.8, 4) is 5.75 Å². The zero-order valence-corrected chi connectivity index (χ0v) is 13.5. The van der Waals surface area contributed by atoms with Gasteiger partial charge in [0.15, 0.2) is 0 Å². The average molecular weight is 287 g/mol. The molecule has 2 heteroatoms. The molecule has 3 atom stereocenters. The zero-order valence-electron chi connectivity index (χ0n) is 13.5. The van der Waals surface area contributed by atoms with Crippen LogP contribution in [0.25, 0.3) is 0 Å². The first-order valence-electron chi connectivity index (χ1n) is 8.67. The molecule has 0 saturated heterocycles. The summed E-state index contributed by atoms with van der Waals surface area (Å²) in [7, 11) is 0. The van der Waals surface area contributed by atoms with E-state index in [0.29, 0.717) is 0 Å². The van der Waals surface area contributed by atoms with E-state index in [0.717, 1.165) is 18.1 Å². The van der Waals surface area contributed by atoms with E-state index < -0.39 is 0 Å². The molecule has 1 heterocycles. The second-order valence-corrected chi connectivity index (χ2v) is 7.22. The predicted molar refractivity (Wildman–Crippen MR) is 87.6 cm³/mol. The summed E-state index contributed by atoms with van der Waals surface area (Å²) in [5, 5.41) is 0. The summed E-state index contributed by atoms with van der Waals surface area (Å²) in [6, 6.07) is 6.60. The third-order valence-corrected chi connectivity index (χ3v) is 5.43. The van der Waals surface area contributed by atoms with Crippen LogP contribution in [0.5, 0.6) is 5.75 Å². The smallest absolute Gasteiger partial charge is 0.124 e.